The molecule has 6 nitrogen and oxygen atoms in total. The van der Waals surface area contributed by atoms with Crippen molar-refractivity contribution in [3.05, 3.63) is 30.1 Å². The first kappa shape index (κ1) is 15.9. The number of rotatable bonds is 8. The summed E-state index contributed by atoms with van der Waals surface area (Å²) >= 11 is 0. The van der Waals surface area contributed by atoms with E-state index in [9.17, 15) is 14.0 Å². The summed E-state index contributed by atoms with van der Waals surface area (Å²) in [7, 11) is 1.69. The van der Waals surface area contributed by atoms with E-state index < -0.39 is 18.3 Å². The molecule has 0 radical (unpaired) electrons. The van der Waals surface area contributed by atoms with E-state index >= 15 is 0 Å². The van der Waals surface area contributed by atoms with Crippen molar-refractivity contribution in [3.8, 4) is 5.75 Å². The number of halogens is 1. The minimum absolute atomic E-state index is 0.0495. The third-order valence-corrected chi connectivity index (χ3v) is 2.42. The average Bonchev–Trinajstić information content (AvgIpc) is 2.38. The molecule has 0 fully saturated rings. The van der Waals surface area contributed by atoms with E-state index in [1.165, 1.54) is 12.1 Å². The number of ether oxygens (including phenoxy) is 1. The molecule has 1 aromatic rings. The Morgan fingerprint density at radius 2 is 2.10 bits per heavy atom. The van der Waals surface area contributed by atoms with Crippen LogP contribution < -0.4 is 10.1 Å². The van der Waals surface area contributed by atoms with Gasteiger partial charge in [-0.05, 0) is 19.2 Å². The van der Waals surface area contributed by atoms with Crippen LogP contribution in [0.25, 0.3) is 0 Å². The van der Waals surface area contributed by atoms with Gasteiger partial charge in [0.1, 0.15) is 13.2 Å². The second-order valence-corrected chi connectivity index (χ2v) is 4.19. The van der Waals surface area contributed by atoms with E-state index in [2.05, 4.69) is 5.32 Å². The fraction of sp³-hybridized carbons (Fsp3) is 0.385. The van der Waals surface area contributed by atoms with Gasteiger partial charge in [0, 0.05) is 6.54 Å². The normalized spacial score (nSPS) is 10.3. The molecule has 0 heterocycles. The van der Waals surface area contributed by atoms with Crippen molar-refractivity contribution in [1.82, 2.24) is 10.2 Å². The molecule has 0 bridgehead atoms. The Labute approximate surface area is 116 Å². The highest BCUT2D eigenvalue weighted by atomic mass is 19.1. The van der Waals surface area contributed by atoms with Crippen molar-refractivity contribution in [2.24, 2.45) is 0 Å². The van der Waals surface area contributed by atoms with Crippen LogP contribution in [-0.4, -0.2) is 55.2 Å². The van der Waals surface area contributed by atoms with E-state index in [0.717, 1.165) is 0 Å². The SMILES string of the molecule is CN(CCOc1ccccc1F)CC(=O)NCC(=O)O. The summed E-state index contributed by atoms with van der Waals surface area (Å²) in [5.41, 5.74) is 0. The maximum atomic E-state index is 13.2. The third-order valence-electron chi connectivity index (χ3n) is 2.42. The summed E-state index contributed by atoms with van der Waals surface area (Å²) in [6, 6.07) is 6.07. The Morgan fingerprint density at radius 1 is 1.40 bits per heavy atom. The molecule has 0 aliphatic heterocycles. The van der Waals surface area contributed by atoms with Gasteiger partial charge in [0.15, 0.2) is 11.6 Å². The zero-order valence-corrected chi connectivity index (χ0v) is 11.1. The zero-order chi connectivity index (χ0) is 15.0. The van der Waals surface area contributed by atoms with Crippen LogP contribution in [0.3, 0.4) is 0 Å². The van der Waals surface area contributed by atoms with Gasteiger partial charge in [-0.15, -0.1) is 0 Å². The second kappa shape index (κ2) is 8.11. The summed E-state index contributed by atoms with van der Waals surface area (Å²) < 4.78 is 18.5. The van der Waals surface area contributed by atoms with Crippen LogP contribution in [0.15, 0.2) is 24.3 Å². The van der Waals surface area contributed by atoms with Crippen LogP contribution in [0, 0.1) is 5.82 Å². The van der Waals surface area contributed by atoms with Gasteiger partial charge in [-0.1, -0.05) is 12.1 Å². The number of aliphatic carboxylic acids is 1. The number of nitrogens with one attached hydrogen (secondary N) is 1. The van der Waals surface area contributed by atoms with Gasteiger partial charge in [-0.25, -0.2) is 4.39 Å². The Bertz CT molecular complexity index is 467. The number of benzene rings is 1. The fourth-order valence-electron chi connectivity index (χ4n) is 1.43. The molecule has 0 saturated heterocycles. The van der Waals surface area contributed by atoms with Crippen LogP contribution in [0.2, 0.25) is 0 Å². The largest absolute Gasteiger partial charge is 0.489 e. The standard InChI is InChI=1S/C13H17FN2O4/c1-16(9-12(17)15-8-13(18)19)6-7-20-11-5-3-2-4-10(11)14/h2-5H,6-9H2,1H3,(H,15,17)(H,18,19). The number of carbonyl (C=O) groups excluding carboxylic acids is 1. The zero-order valence-electron chi connectivity index (χ0n) is 11.1. The lowest BCUT2D eigenvalue weighted by molar-refractivity contribution is -0.138. The summed E-state index contributed by atoms with van der Waals surface area (Å²) in [5.74, 6) is -1.75. The number of amides is 1. The molecule has 0 unspecified atom stereocenters. The first-order valence-electron chi connectivity index (χ1n) is 6.03. The molecule has 0 aromatic heterocycles. The maximum Gasteiger partial charge on any atom is 0.322 e. The van der Waals surface area contributed by atoms with Crippen molar-refractivity contribution in [3.63, 3.8) is 0 Å². The number of carbonyl (C=O) groups is 2. The van der Waals surface area contributed by atoms with E-state index in [1.54, 1.807) is 24.1 Å². The van der Waals surface area contributed by atoms with Crippen molar-refractivity contribution in [2.75, 3.05) is 33.3 Å². The molecule has 7 heteroatoms. The van der Waals surface area contributed by atoms with Crippen molar-refractivity contribution in [1.29, 1.82) is 0 Å². The van der Waals surface area contributed by atoms with Crippen molar-refractivity contribution >= 4 is 11.9 Å². The maximum absolute atomic E-state index is 13.2. The Kier molecular flexibility index (Phi) is 6.45. The first-order chi connectivity index (χ1) is 9.49. The van der Waals surface area contributed by atoms with E-state index in [4.69, 9.17) is 9.84 Å². The van der Waals surface area contributed by atoms with Crippen LogP contribution >= 0.6 is 0 Å². The molecule has 0 atom stereocenters. The summed E-state index contributed by atoms with van der Waals surface area (Å²) in [6.45, 7) is 0.283. The highest BCUT2D eigenvalue weighted by Crippen LogP contribution is 2.14. The smallest absolute Gasteiger partial charge is 0.322 e. The van der Waals surface area contributed by atoms with Gasteiger partial charge in [-0.2, -0.15) is 0 Å². The van der Waals surface area contributed by atoms with Crippen LogP contribution in [-0.2, 0) is 9.59 Å². The summed E-state index contributed by atoms with van der Waals surface area (Å²) in [4.78, 5) is 23.2. The number of hydrogen-bond acceptors (Lipinski definition) is 4. The average molecular weight is 284 g/mol. The quantitative estimate of drug-likeness (QED) is 0.719. The molecule has 20 heavy (non-hydrogen) atoms. The Balaban J connectivity index is 2.23. The number of hydrogen-bond donors (Lipinski definition) is 2. The number of carboxylic acids is 1. The molecular weight excluding hydrogens is 267 g/mol. The lowest BCUT2D eigenvalue weighted by Crippen LogP contribution is -2.39. The Morgan fingerprint density at radius 3 is 2.75 bits per heavy atom. The highest BCUT2D eigenvalue weighted by Gasteiger charge is 2.08. The van der Waals surface area contributed by atoms with Crippen LogP contribution in [0.4, 0.5) is 4.39 Å². The molecule has 0 saturated carbocycles. The van der Waals surface area contributed by atoms with E-state index in [1.807, 2.05) is 0 Å². The van der Waals surface area contributed by atoms with Crippen LogP contribution in [0.5, 0.6) is 5.75 Å². The molecule has 1 aromatic carbocycles. The van der Waals surface area contributed by atoms with Gasteiger partial charge in [0.2, 0.25) is 5.91 Å². The van der Waals surface area contributed by atoms with Gasteiger partial charge in [0.25, 0.3) is 0 Å². The monoisotopic (exact) mass is 284 g/mol. The molecule has 0 aliphatic carbocycles. The van der Waals surface area contributed by atoms with E-state index in [-0.39, 0.29) is 24.8 Å². The predicted octanol–water partition coefficient (Wildman–Crippen LogP) is 0.337. The summed E-state index contributed by atoms with van der Waals surface area (Å²) in [5, 5.41) is 10.7. The second-order valence-electron chi connectivity index (χ2n) is 4.19. The number of para-hydroxylation sites is 1. The number of nitrogens with zero attached hydrogens (tertiary/aromatic N) is 1. The molecule has 1 rings (SSSR count). The molecule has 1 amide bonds. The molecule has 0 spiro atoms. The third kappa shape index (κ3) is 6.14. The predicted molar refractivity (Wildman–Crippen MR) is 70.0 cm³/mol. The van der Waals surface area contributed by atoms with Crippen LogP contribution in [0.1, 0.15) is 0 Å². The topological polar surface area (TPSA) is 78.9 Å². The molecular formula is C13H17FN2O4. The van der Waals surface area contributed by atoms with E-state index in [0.29, 0.717) is 6.54 Å². The lowest BCUT2D eigenvalue weighted by Gasteiger charge is -2.16. The Hall–Kier alpha value is -2.15. The fourth-order valence-corrected chi connectivity index (χ4v) is 1.43. The summed E-state index contributed by atoms with van der Waals surface area (Å²) in [6.07, 6.45) is 0. The van der Waals surface area contributed by atoms with Gasteiger partial charge < -0.3 is 15.2 Å². The van der Waals surface area contributed by atoms with Gasteiger partial charge in [-0.3, -0.25) is 14.5 Å². The van der Waals surface area contributed by atoms with Gasteiger partial charge >= 0.3 is 5.97 Å². The lowest BCUT2D eigenvalue weighted by atomic mass is 10.3. The molecule has 110 valence electrons. The number of carboxylic acid groups (broad SMARTS) is 1. The first-order valence-corrected chi connectivity index (χ1v) is 6.03. The van der Waals surface area contributed by atoms with Gasteiger partial charge in [0.05, 0.1) is 6.54 Å². The molecule has 2 N–H and O–H groups in total. The van der Waals surface area contributed by atoms with Crippen molar-refractivity contribution < 1.29 is 23.8 Å². The van der Waals surface area contributed by atoms with Crippen molar-refractivity contribution in [2.45, 2.75) is 0 Å². The minimum atomic E-state index is -1.09. The number of likely N-dealkylation sites (N-methyl/N-ethyl adjacent to an activating group) is 1. The molecule has 0 aliphatic rings. The highest BCUT2D eigenvalue weighted by molar-refractivity contribution is 5.82. The minimum Gasteiger partial charge on any atom is -0.489 e.